The maximum atomic E-state index is 12.6. The number of benzene rings is 3. The Morgan fingerprint density at radius 2 is 1.77 bits per heavy atom. The Morgan fingerprint density at radius 1 is 1.03 bits per heavy atom. The van der Waals surface area contributed by atoms with Gasteiger partial charge in [0, 0.05) is 23.9 Å². The molecule has 3 aromatic carbocycles. The molecule has 9 heteroatoms. The van der Waals surface area contributed by atoms with Gasteiger partial charge in [-0.3, -0.25) is 4.79 Å². The van der Waals surface area contributed by atoms with Crippen LogP contribution in [0.1, 0.15) is 31.2 Å². The number of nitrogens with one attached hydrogen (secondary N) is 1. The fraction of sp³-hybridized carbons (Fsp3) is 0.267. The molecule has 0 aliphatic heterocycles. The number of amides is 1. The highest BCUT2D eigenvalue weighted by atomic mass is 32.2. The summed E-state index contributed by atoms with van der Waals surface area (Å²) in [6, 6.07) is 22.1. The second kappa shape index (κ2) is 11.2. The van der Waals surface area contributed by atoms with Crippen LogP contribution in [0.25, 0.3) is 32.2 Å². The highest BCUT2D eigenvalue weighted by molar-refractivity contribution is 7.99. The third-order valence-electron chi connectivity index (χ3n) is 6.84. The van der Waals surface area contributed by atoms with E-state index in [-0.39, 0.29) is 11.7 Å². The summed E-state index contributed by atoms with van der Waals surface area (Å²) >= 11 is 3.04. The lowest BCUT2D eigenvalue weighted by Gasteiger charge is -2.13. The molecule has 39 heavy (non-hydrogen) atoms. The van der Waals surface area contributed by atoms with Crippen molar-refractivity contribution in [1.82, 2.24) is 19.7 Å². The van der Waals surface area contributed by atoms with Gasteiger partial charge in [0.2, 0.25) is 5.91 Å². The average Bonchev–Trinajstić information content (AvgIpc) is 3.69. The van der Waals surface area contributed by atoms with Gasteiger partial charge in [-0.05, 0) is 98.8 Å². The second-order valence-corrected chi connectivity index (χ2v) is 11.8. The smallest absolute Gasteiger partial charge is 0.234 e. The van der Waals surface area contributed by atoms with Crippen LogP contribution in [0.5, 0.6) is 5.75 Å². The van der Waals surface area contributed by atoms with Gasteiger partial charge in [0.25, 0.3) is 0 Å². The van der Waals surface area contributed by atoms with E-state index in [2.05, 4.69) is 40.6 Å². The maximum Gasteiger partial charge on any atom is 0.234 e. The van der Waals surface area contributed by atoms with Crippen molar-refractivity contribution in [3.8, 4) is 27.7 Å². The number of fused-ring (bicyclic) bond motifs is 1. The Labute approximate surface area is 235 Å². The van der Waals surface area contributed by atoms with Gasteiger partial charge in [-0.15, -0.1) is 21.5 Å². The number of nitrogens with zero attached hydrogens (tertiary/aromatic N) is 4. The fourth-order valence-electron chi connectivity index (χ4n) is 4.75. The molecule has 0 radical (unpaired) electrons. The normalized spacial score (nSPS) is 13.7. The molecule has 0 bridgehead atoms. The number of carbonyl (C=O) groups excluding carboxylic acids is 1. The molecule has 1 aliphatic carbocycles. The van der Waals surface area contributed by atoms with Gasteiger partial charge < -0.3 is 14.6 Å². The zero-order valence-corrected chi connectivity index (χ0v) is 23.5. The minimum Gasteiger partial charge on any atom is -0.490 e. The summed E-state index contributed by atoms with van der Waals surface area (Å²) < 4.78 is 9.16. The number of anilines is 1. The molecule has 5 aromatic rings. The SMILES string of the molecule is Cc1ccc2nc(-c3ccc(NC(=O)CSc4nnc(-c5ccc(OC6CCCC6)cc5)n4C)cc3)sc2c1. The first kappa shape index (κ1) is 25.6. The molecule has 1 fully saturated rings. The van der Waals surface area contributed by atoms with E-state index in [1.165, 1.54) is 34.9 Å². The molecule has 7 nitrogen and oxygen atoms in total. The van der Waals surface area contributed by atoms with Crippen LogP contribution in [0.2, 0.25) is 0 Å². The van der Waals surface area contributed by atoms with E-state index in [0.29, 0.717) is 11.3 Å². The summed E-state index contributed by atoms with van der Waals surface area (Å²) in [6.07, 6.45) is 5.10. The molecule has 1 amide bonds. The molecular weight excluding hydrogens is 526 g/mol. The minimum atomic E-state index is -0.0961. The average molecular weight is 556 g/mol. The molecule has 0 unspecified atom stereocenters. The first-order valence-corrected chi connectivity index (χ1v) is 14.9. The summed E-state index contributed by atoms with van der Waals surface area (Å²) in [7, 11) is 1.92. The summed E-state index contributed by atoms with van der Waals surface area (Å²) in [5.41, 5.74) is 4.98. The van der Waals surface area contributed by atoms with Gasteiger partial charge in [-0.1, -0.05) is 17.8 Å². The molecule has 2 heterocycles. The number of rotatable bonds is 8. The van der Waals surface area contributed by atoms with E-state index in [1.807, 2.05) is 60.1 Å². The van der Waals surface area contributed by atoms with Gasteiger partial charge >= 0.3 is 0 Å². The van der Waals surface area contributed by atoms with Crippen molar-refractivity contribution >= 4 is 44.9 Å². The van der Waals surface area contributed by atoms with Gasteiger partial charge in [0.05, 0.1) is 22.1 Å². The highest BCUT2D eigenvalue weighted by Gasteiger charge is 2.17. The van der Waals surface area contributed by atoms with Crippen LogP contribution >= 0.6 is 23.1 Å². The molecule has 1 saturated carbocycles. The Balaban J connectivity index is 1.04. The zero-order valence-electron chi connectivity index (χ0n) is 21.9. The number of hydrogen-bond donors (Lipinski definition) is 1. The fourth-order valence-corrected chi connectivity index (χ4v) is 6.53. The third-order valence-corrected chi connectivity index (χ3v) is 8.93. The number of ether oxygens (including phenoxy) is 1. The highest BCUT2D eigenvalue weighted by Crippen LogP contribution is 2.32. The molecule has 198 valence electrons. The van der Waals surface area contributed by atoms with Gasteiger partial charge in [0.15, 0.2) is 11.0 Å². The third kappa shape index (κ3) is 5.84. The van der Waals surface area contributed by atoms with Crippen molar-refractivity contribution in [1.29, 1.82) is 0 Å². The minimum absolute atomic E-state index is 0.0961. The van der Waals surface area contributed by atoms with Crippen LogP contribution in [-0.2, 0) is 11.8 Å². The van der Waals surface area contributed by atoms with Crippen molar-refractivity contribution in [3.63, 3.8) is 0 Å². The van der Waals surface area contributed by atoms with Crippen LogP contribution in [0, 0.1) is 6.92 Å². The van der Waals surface area contributed by atoms with Crippen molar-refractivity contribution in [2.75, 3.05) is 11.1 Å². The first-order chi connectivity index (χ1) is 19.0. The Morgan fingerprint density at radius 3 is 2.54 bits per heavy atom. The number of thiazole rings is 1. The molecular formula is C30H29N5O2S2. The monoisotopic (exact) mass is 555 g/mol. The van der Waals surface area contributed by atoms with Crippen LogP contribution in [0.3, 0.4) is 0 Å². The van der Waals surface area contributed by atoms with Gasteiger partial charge in [0.1, 0.15) is 10.8 Å². The van der Waals surface area contributed by atoms with E-state index in [0.717, 1.165) is 51.8 Å². The molecule has 0 spiro atoms. The van der Waals surface area contributed by atoms with E-state index in [9.17, 15) is 4.79 Å². The lowest BCUT2D eigenvalue weighted by molar-refractivity contribution is -0.113. The van der Waals surface area contributed by atoms with Crippen LogP contribution in [-0.4, -0.2) is 37.5 Å². The molecule has 0 saturated heterocycles. The molecule has 1 aliphatic rings. The Kier molecular flexibility index (Phi) is 7.34. The summed E-state index contributed by atoms with van der Waals surface area (Å²) in [4.78, 5) is 17.4. The first-order valence-electron chi connectivity index (χ1n) is 13.1. The number of aromatic nitrogens is 4. The number of hydrogen-bond acceptors (Lipinski definition) is 7. The van der Waals surface area contributed by atoms with Crippen molar-refractivity contribution < 1.29 is 9.53 Å². The Bertz CT molecular complexity index is 1600. The topological polar surface area (TPSA) is 81.9 Å². The van der Waals surface area contributed by atoms with Gasteiger partial charge in [-0.25, -0.2) is 4.98 Å². The predicted molar refractivity (Wildman–Crippen MR) is 158 cm³/mol. The molecule has 6 rings (SSSR count). The lowest BCUT2D eigenvalue weighted by atomic mass is 10.2. The zero-order chi connectivity index (χ0) is 26.8. The predicted octanol–water partition coefficient (Wildman–Crippen LogP) is 7.12. The van der Waals surface area contributed by atoms with Crippen molar-refractivity contribution in [2.24, 2.45) is 7.05 Å². The van der Waals surface area contributed by atoms with E-state index >= 15 is 0 Å². The quantitative estimate of drug-likeness (QED) is 0.205. The molecule has 0 atom stereocenters. The molecule has 2 aromatic heterocycles. The van der Waals surface area contributed by atoms with Crippen LogP contribution in [0.15, 0.2) is 71.9 Å². The number of aryl methyl sites for hydroxylation is 1. The largest absolute Gasteiger partial charge is 0.490 e. The van der Waals surface area contributed by atoms with Crippen LogP contribution < -0.4 is 10.1 Å². The second-order valence-electron chi connectivity index (χ2n) is 9.82. The van der Waals surface area contributed by atoms with Gasteiger partial charge in [-0.2, -0.15) is 0 Å². The van der Waals surface area contributed by atoms with E-state index < -0.39 is 0 Å². The number of carbonyl (C=O) groups is 1. The summed E-state index contributed by atoms with van der Waals surface area (Å²) in [5.74, 6) is 1.79. The van der Waals surface area contributed by atoms with E-state index in [4.69, 9.17) is 9.72 Å². The summed E-state index contributed by atoms with van der Waals surface area (Å²) in [6.45, 7) is 2.09. The van der Waals surface area contributed by atoms with Crippen LogP contribution in [0.4, 0.5) is 5.69 Å². The standard InChI is InChI=1S/C30H29N5O2S2/c1-19-7-16-25-26(17-19)39-29(32-25)21-8-12-22(13-9-21)31-27(36)18-38-30-34-33-28(35(30)2)20-10-14-24(15-11-20)37-23-5-3-4-6-23/h7-17,23H,3-6,18H2,1-2H3,(H,31,36). The maximum absolute atomic E-state index is 12.6. The van der Waals surface area contributed by atoms with Crippen molar-refractivity contribution in [2.45, 2.75) is 43.9 Å². The molecule has 1 N–H and O–H groups in total. The lowest BCUT2D eigenvalue weighted by Crippen LogP contribution is -2.14. The Hall–Kier alpha value is -3.69. The summed E-state index contributed by atoms with van der Waals surface area (Å²) in [5, 5.41) is 13.3. The number of thioether (sulfide) groups is 1. The van der Waals surface area contributed by atoms with E-state index in [1.54, 1.807) is 11.3 Å². The van der Waals surface area contributed by atoms with Crippen molar-refractivity contribution in [3.05, 3.63) is 72.3 Å².